The van der Waals surface area contributed by atoms with Crippen molar-refractivity contribution in [3.05, 3.63) is 53.9 Å². The molecule has 204 valence electrons. The fraction of sp³-hybridized carbons (Fsp3) is 0.400. The number of H-pyrrole nitrogens is 1. The van der Waals surface area contributed by atoms with Crippen LogP contribution in [0.15, 0.2) is 42.7 Å². The second kappa shape index (κ2) is 13.5. The lowest BCUT2D eigenvalue weighted by Gasteiger charge is -2.13. The Bertz CT molecular complexity index is 1280. The molecular weight excluding hydrogens is 521 g/mol. The topological polar surface area (TPSA) is 117 Å². The summed E-state index contributed by atoms with van der Waals surface area (Å²) in [6.07, 6.45) is 0.727. The minimum absolute atomic E-state index is 0.150. The zero-order valence-corrected chi connectivity index (χ0v) is 21.4. The Morgan fingerprint density at radius 1 is 1.00 bits per heavy atom. The van der Waals surface area contributed by atoms with Gasteiger partial charge in [0.15, 0.2) is 0 Å². The number of aliphatic hydroxyl groups is 1. The van der Waals surface area contributed by atoms with Gasteiger partial charge in [0, 0.05) is 37.4 Å². The minimum atomic E-state index is -4.76. The maximum absolute atomic E-state index is 12.6. The molecule has 2 aromatic carbocycles. The number of aromatic amines is 1. The van der Waals surface area contributed by atoms with E-state index < -0.39 is 6.36 Å². The highest BCUT2D eigenvalue weighted by Gasteiger charge is 2.31. The highest BCUT2D eigenvalue weighted by atomic mass is 32.1. The predicted molar refractivity (Wildman–Crippen MR) is 139 cm³/mol. The molecule has 0 radical (unpaired) electrons. The van der Waals surface area contributed by atoms with Crippen LogP contribution in [0.1, 0.15) is 24.0 Å². The van der Waals surface area contributed by atoms with Crippen molar-refractivity contribution in [3.63, 3.8) is 0 Å². The number of ether oxygens (including phenoxy) is 2. The maximum Gasteiger partial charge on any atom is 0.573 e. The predicted octanol–water partition coefficient (Wildman–Crippen LogP) is 4.51. The van der Waals surface area contributed by atoms with Gasteiger partial charge in [-0.2, -0.15) is 5.10 Å². The van der Waals surface area contributed by atoms with Crippen molar-refractivity contribution in [1.82, 2.24) is 25.1 Å². The molecule has 4 N–H and O–H groups in total. The molecular formula is C25H29F3N6O3S. The van der Waals surface area contributed by atoms with Crippen LogP contribution in [0.3, 0.4) is 0 Å². The van der Waals surface area contributed by atoms with E-state index in [4.69, 9.17) is 9.84 Å². The highest BCUT2D eigenvalue weighted by Crippen LogP contribution is 2.31. The van der Waals surface area contributed by atoms with E-state index in [9.17, 15) is 13.2 Å². The van der Waals surface area contributed by atoms with E-state index in [1.165, 1.54) is 23.7 Å². The number of hydrogen-bond acceptors (Lipinski definition) is 9. The van der Waals surface area contributed by atoms with Crippen LogP contribution in [-0.2, 0) is 17.7 Å². The zero-order valence-electron chi connectivity index (χ0n) is 20.6. The first kappa shape index (κ1) is 27.8. The SMILES string of the molecule is OCCc1cc(CNCCCCOCCNc2cc(-c3cnns3)cc3[nH]ncc23)cc(OC(F)(F)F)c1. The van der Waals surface area contributed by atoms with Crippen molar-refractivity contribution in [1.29, 1.82) is 0 Å². The van der Waals surface area contributed by atoms with E-state index in [1.54, 1.807) is 18.5 Å². The summed E-state index contributed by atoms with van der Waals surface area (Å²) in [5, 5.41) is 27.8. The number of aromatic nitrogens is 4. The van der Waals surface area contributed by atoms with Gasteiger partial charge in [-0.15, -0.1) is 18.3 Å². The number of rotatable bonds is 15. The summed E-state index contributed by atoms with van der Waals surface area (Å²) in [4.78, 5) is 0.974. The van der Waals surface area contributed by atoms with Crippen LogP contribution in [0.25, 0.3) is 21.3 Å². The van der Waals surface area contributed by atoms with Crippen LogP contribution in [0.2, 0.25) is 0 Å². The summed E-state index contributed by atoms with van der Waals surface area (Å²) in [5.74, 6) is -0.275. The molecule has 0 atom stereocenters. The lowest BCUT2D eigenvalue weighted by atomic mass is 10.1. The standard InChI is InChI=1S/C25H29F3N6O3S/c26-25(27,28)37-20-10-17(3-6-35)9-18(11-20)14-29-4-1-2-7-36-8-5-30-22-12-19(24-16-32-34-38-24)13-23-21(22)15-31-33-23/h9-13,15-16,29-30,35H,1-8,14H2,(H,31,33). The molecule has 4 aromatic rings. The van der Waals surface area contributed by atoms with Crippen LogP contribution < -0.4 is 15.4 Å². The number of halogens is 3. The Hall–Kier alpha value is -3.26. The number of alkyl halides is 3. The van der Waals surface area contributed by atoms with Crippen molar-refractivity contribution >= 4 is 28.1 Å². The average Bonchev–Trinajstić information content (AvgIpc) is 3.56. The Morgan fingerprint density at radius 2 is 1.87 bits per heavy atom. The molecule has 0 aliphatic carbocycles. The number of nitrogens with one attached hydrogen (secondary N) is 3. The number of fused-ring (bicyclic) bond motifs is 1. The number of unbranched alkanes of at least 4 members (excludes halogenated alkanes) is 1. The van der Waals surface area contributed by atoms with Gasteiger partial charge >= 0.3 is 6.36 Å². The molecule has 9 nitrogen and oxygen atoms in total. The zero-order chi connectivity index (χ0) is 26.8. The van der Waals surface area contributed by atoms with Crippen molar-refractivity contribution in [3.8, 4) is 16.2 Å². The Morgan fingerprint density at radius 3 is 2.66 bits per heavy atom. The first-order chi connectivity index (χ1) is 18.4. The maximum atomic E-state index is 12.6. The van der Waals surface area contributed by atoms with Crippen LogP contribution in [0.5, 0.6) is 5.75 Å². The summed E-state index contributed by atoms with van der Waals surface area (Å²) < 4.78 is 51.5. The summed E-state index contributed by atoms with van der Waals surface area (Å²) >= 11 is 1.33. The van der Waals surface area contributed by atoms with E-state index in [2.05, 4.69) is 41.2 Å². The molecule has 13 heteroatoms. The van der Waals surface area contributed by atoms with Crippen molar-refractivity contribution in [2.24, 2.45) is 0 Å². The minimum Gasteiger partial charge on any atom is -0.406 e. The van der Waals surface area contributed by atoms with E-state index in [0.29, 0.717) is 44.0 Å². The molecule has 0 fully saturated rings. The third-order valence-electron chi connectivity index (χ3n) is 5.65. The normalized spacial score (nSPS) is 11.8. The molecule has 2 aromatic heterocycles. The monoisotopic (exact) mass is 550 g/mol. The molecule has 0 bridgehead atoms. The molecule has 4 rings (SSSR count). The van der Waals surface area contributed by atoms with Crippen LogP contribution >= 0.6 is 11.5 Å². The number of aliphatic hydroxyl groups excluding tert-OH is 1. The van der Waals surface area contributed by atoms with Crippen LogP contribution in [-0.4, -0.2) is 64.2 Å². The third-order valence-corrected chi connectivity index (χ3v) is 6.36. The van der Waals surface area contributed by atoms with Crippen molar-refractivity contribution in [2.75, 3.05) is 38.2 Å². The molecule has 0 saturated carbocycles. The van der Waals surface area contributed by atoms with Gasteiger partial charge in [0.25, 0.3) is 0 Å². The van der Waals surface area contributed by atoms with Gasteiger partial charge in [0.05, 0.1) is 29.4 Å². The molecule has 0 aliphatic heterocycles. The summed E-state index contributed by atoms with van der Waals surface area (Å²) in [5.41, 5.74) is 4.15. The first-order valence-corrected chi connectivity index (χ1v) is 13.0. The van der Waals surface area contributed by atoms with E-state index >= 15 is 0 Å². The van der Waals surface area contributed by atoms with Gasteiger partial charge in [0.1, 0.15) is 5.75 Å². The number of anilines is 1. The molecule has 0 unspecified atom stereocenters. The van der Waals surface area contributed by atoms with Crippen LogP contribution in [0.4, 0.5) is 18.9 Å². The fourth-order valence-electron chi connectivity index (χ4n) is 3.98. The smallest absolute Gasteiger partial charge is 0.406 e. The summed E-state index contributed by atoms with van der Waals surface area (Å²) in [6, 6.07) is 8.50. The highest BCUT2D eigenvalue weighted by molar-refractivity contribution is 7.09. The van der Waals surface area contributed by atoms with E-state index in [-0.39, 0.29) is 18.8 Å². The van der Waals surface area contributed by atoms with Crippen molar-refractivity contribution in [2.45, 2.75) is 32.2 Å². The van der Waals surface area contributed by atoms with E-state index in [1.807, 2.05) is 6.07 Å². The molecule has 2 heterocycles. The number of nitrogens with zero attached hydrogens (tertiary/aromatic N) is 3. The Kier molecular flexibility index (Phi) is 9.87. The molecule has 38 heavy (non-hydrogen) atoms. The molecule has 0 aliphatic rings. The van der Waals surface area contributed by atoms with Gasteiger partial charge in [-0.25, -0.2) is 0 Å². The largest absolute Gasteiger partial charge is 0.573 e. The first-order valence-electron chi connectivity index (χ1n) is 12.2. The molecule has 0 amide bonds. The average molecular weight is 551 g/mol. The Labute approximate surface area is 221 Å². The third kappa shape index (κ3) is 8.38. The summed E-state index contributed by atoms with van der Waals surface area (Å²) in [7, 11) is 0. The number of hydrogen-bond donors (Lipinski definition) is 4. The van der Waals surface area contributed by atoms with Gasteiger partial charge in [0.2, 0.25) is 0 Å². The molecule has 0 saturated heterocycles. The fourth-order valence-corrected chi connectivity index (χ4v) is 4.48. The second-order valence-electron chi connectivity index (χ2n) is 8.57. The summed E-state index contributed by atoms with van der Waals surface area (Å²) in [6.45, 7) is 2.72. The van der Waals surface area contributed by atoms with Gasteiger partial charge in [-0.05, 0) is 78.3 Å². The number of benzene rings is 2. The quantitative estimate of drug-likeness (QED) is 0.160. The second-order valence-corrected chi connectivity index (χ2v) is 9.35. The lowest BCUT2D eigenvalue weighted by Crippen LogP contribution is -2.18. The van der Waals surface area contributed by atoms with Crippen LogP contribution in [0, 0.1) is 0 Å². The van der Waals surface area contributed by atoms with E-state index in [0.717, 1.165) is 39.9 Å². The van der Waals surface area contributed by atoms with Crippen molar-refractivity contribution < 1.29 is 27.8 Å². The molecule has 0 spiro atoms. The van der Waals surface area contributed by atoms with Gasteiger partial charge in [-0.1, -0.05) is 10.6 Å². The lowest BCUT2D eigenvalue weighted by molar-refractivity contribution is -0.274. The van der Waals surface area contributed by atoms with Gasteiger partial charge < -0.3 is 25.2 Å². The van der Waals surface area contributed by atoms with Gasteiger partial charge in [-0.3, -0.25) is 5.10 Å². The Balaban J connectivity index is 1.13.